The van der Waals surface area contributed by atoms with E-state index in [0.717, 1.165) is 17.2 Å². The van der Waals surface area contributed by atoms with Gasteiger partial charge in [0.2, 0.25) is 0 Å². The maximum Gasteiger partial charge on any atom is 0.251 e. The smallest absolute Gasteiger partial charge is 0.251 e. The van der Waals surface area contributed by atoms with E-state index in [-0.39, 0.29) is 11.7 Å². The van der Waals surface area contributed by atoms with Crippen LogP contribution in [0.4, 0.5) is 4.39 Å². The van der Waals surface area contributed by atoms with Crippen LogP contribution in [0.15, 0.2) is 28.6 Å². The van der Waals surface area contributed by atoms with Crippen LogP contribution in [0.25, 0.3) is 0 Å². The topological polar surface area (TPSA) is 78.4 Å². The lowest BCUT2D eigenvalue weighted by Gasteiger charge is -2.11. The highest BCUT2D eigenvalue weighted by Crippen LogP contribution is 2.18. The van der Waals surface area contributed by atoms with Crippen molar-refractivity contribution < 1.29 is 9.18 Å². The van der Waals surface area contributed by atoms with Gasteiger partial charge in [-0.15, -0.1) is 11.3 Å². The number of guanidine groups is 1. The molecule has 0 aliphatic rings. The number of carbonyl (C=O) groups excluding carboxylic acids is 1. The standard InChI is InChI=1S/C20H28FN5OS/c1-5-22-20(25-11-18-26-17(12-28-18)13(2)3)24-9-8-23-19(27)15-7-6-14(4)16(21)10-15/h6-7,10,12-13H,5,8-9,11H2,1-4H3,(H,23,27)(H2,22,24,25). The molecule has 0 aliphatic carbocycles. The van der Waals surface area contributed by atoms with E-state index in [1.165, 1.54) is 6.07 Å². The third kappa shape index (κ3) is 6.60. The second kappa shape index (κ2) is 10.8. The third-order valence-corrected chi connectivity index (χ3v) is 4.87. The lowest BCUT2D eigenvalue weighted by molar-refractivity contribution is 0.0954. The van der Waals surface area contributed by atoms with Crippen LogP contribution in [0, 0.1) is 12.7 Å². The molecule has 0 aliphatic heterocycles. The average molecular weight is 406 g/mol. The molecule has 0 unspecified atom stereocenters. The molecule has 0 saturated carbocycles. The minimum absolute atomic E-state index is 0.299. The minimum Gasteiger partial charge on any atom is -0.357 e. The van der Waals surface area contributed by atoms with E-state index in [1.807, 2.05) is 6.92 Å². The Morgan fingerprint density at radius 1 is 1.25 bits per heavy atom. The van der Waals surface area contributed by atoms with Gasteiger partial charge in [0.1, 0.15) is 10.8 Å². The molecule has 28 heavy (non-hydrogen) atoms. The molecular formula is C20H28FN5OS. The van der Waals surface area contributed by atoms with Crippen LogP contribution in [-0.4, -0.2) is 36.5 Å². The summed E-state index contributed by atoms with van der Waals surface area (Å²) >= 11 is 1.61. The Balaban J connectivity index is 1.81. The molecule has 152 valence electrons. The number of halogens is 1. The Morgan fingerprint density at radius 2 is 2.00 bits per heavy atom. The average Bonchev–Trinajstić information content (AvgIpc) is 3.14. The van der Waals surface area contributed by atoms with Crippen molar-refractivity contribution in [3.8, 4) is 0 Å². The number of thiazole rings is 1. The molecule has 0 saturated heterocycles. The highest BCUT2D eigenvalue weighted by atomic mass is 32.1. The molecule has 0 atom stereocenters. The Hall–Kier alpha value is -2.48. The van der Waals surface area contributed by atoms with Crippen molar-refractivity contribution in [2.24, 2.45) is 4.99 Å². The van der Waals surface area contributed by atoms with E-state index in [9.17, 15) is 9.18 Å². The Bertz CT molecular complexity index is 819. The van der Waals surface area contributed by atoms with Crippen molar-refractivity contribution >= 4 is 23.2 Å². The van der Waals surface area contributed by atoms with Gasteiger partial charge in [0.05, 0.1) is 12.2 Å². The quantitative estimate of drug-likeness (QED) is 0.358. The predicted molar refractivity (Wildman–Crippen MR) is 112 cm³/mol. The summed E-state index contributed by atoms with van der Waals surface area (Å²) in [6.07, 6.45) is 0. The second-order valence-corrected chi connectivity index (χ2v) is 7.61. The molecular weight excluding hydrogens is 377 g/mol. The predicted octanol–water partition coefficient (Wildman–Crippen LogP) is 3.20. The molecule has 8 heteroatoms. The maximum absolute atomic E-state index is 13.6. The van der Waals surface area contributed by atoms with Gasteiger partial charge in [-0.3, -0.25) is 4.79 Å². The molecule has 6 nitrogen and oxygen atoms in total. The lowest BCUT2D eigenvalue weighted by atomic mass is 10.1. The van der Waals surface area contributed by atoms with Crippen LogP contribution in [0.2, 0.25) is 0 Å². The van der Waals surface area contributed by atoms with Gasteiger partial charge in [0.15, 0.2) is 5.96 Å². The molecule has 3 N–H and O–H groups in total. The molecule has 1 aromatic carbocycles. The molecule has 0 bridgehead atoms. The second-order valence-electron chi connectivity index (χ2n) is 6.66. The fourth-order valence-corrected chi connectivity index (χ4v) is 3.22. The van der Waals surface area contributed by atoms with Crippen molar-refractivity contribution in [3.05, 3.63) is 51.2 Å². The lowest BCUT2D eigenvalue weighted by Crippen LogP contribution is -2.41. The van der Waals surface area contributed by atoms with Gasteiger partial charge in [-0.2, -0.15) is 0 Å². The first-order valence-corrected chi connectivity index (χ1v) is 10.3. The molecule has 0 radical (unpaired) electrons. The number of carbonyl (C=O) groups is 1. The zero-order valence-corrected chi connectivity index (χ0v) is 17.6. The molecule has 1 aromatic heterocycles. The number of aryl methyl sites for hydroxylation is 1. The summed E-state index contributed by atoms with van der Waals surface area (Å²) in [6, 6.07) is 4.47. The highest BCUT2D eigenvalue weighted by Gasteiger charge is 2.08. The van der Waals surface area contributed by atoms with Gasteiger partial charge < -0.3 is 16.0 Å². The van der Waals surface area contributed by atoms with Crippen molar-refractivity contribution in [2.75, 3.05) is 19.6 Å². The van der Waals surface area contributed by atoms with E-state index in [4.69, 9.17) is 0 Å². The first kappa shape index (κ1) is 21.8. The largest absolute Gasteiger partial charge is 0.357 e. The zero-order chi connectivity index (χ0) is 20.5. The van der Waals surface area contributed by atoms with Gasteiger partial charge in [0.25, 0.3) is 5.91 Å². The summed E-state index contributed by atoms with van der Waals surface area (Å²) in [6.45, 7) is 10.0. The molecule has 2 aromatic rings. The number of aliphatic imine (C=N–C) groups is 1. The fourth-order valence-electron chi connectivity index (χ4n) is 2.34. The SMILES string of the molecule is CCNC(=NCc1nc(C(C)C)cs1)NCCNC(=O)c1ccc(C)c(F)c1. The number of hydrogen-bond acceptors (Lipinski definition) is 4. The summed E-state index contributed by atoms with van der Waals surface area (Å²) < 4.78 is 13.6. The van der Waals surface area contributed by atoms with Crippen LogP contribution in [0.5, 0.6) is 0 Å². The fraction of sp³-hybridized carbons (Fsp3) is 0.450. The summed E-state index contributed by atoms with van der Waals surface area (Å²) in [5.41, 5.74) is 1.92. The van der Waals surface area contributed by atoms with Gasteiger partial charge in [0, 0.05) is 30.6 Å². The van der Waals surface area contributed by atoms with Crippen LogP contribution >= 0.6 is 11.3 Å². The monoisotopic (exact) mass is 405 g/mol. The number of benzene rings is 1. The Kier molecular flexibility index (Phi) is 8.38. The summed E-state index contributed by atoms with van der Waals surface area (Å²) in [4.78, 5) is 21.2. The number of hydrogen-bond donors (Lipinski definition) is 3. The molecule has 0 spiro atoms. The Morgan fingerprint density at radius 3 is 2.64 bits per heavy atom. The van der Waals surface area contributed by atoms with Crippen molar-refractivity contribution in [1.29, 1.82) is 0 Å². The molecule has 1 heterocycles. The maximum atomic E-state index is 13.6. The van der Waals surface area contributed by atoms with Crippen LogP contribution in [0.1, 0.15) is 53.3 Å². The summed E-state index contributed by atoms with van der Waals surface area (Å²) in [7, 11) is 0. The summed E-state index contributed by atoms with van der Waals surface area (Å²) in [5, 5.41) is 12.2. The van der Waals surface area contributed by atoms with E-state index >= 15 is 0 Å². The summed E-state index contributed by atoms with van der Waals surface area (Å²) in [5.74, 6) is 0.396. The van der Waals surface area contributed by atoms with Crippen molar-refractivity contribution in [3.63, 3.8) is 0 Å². The van der Waals surface area contributed by atoms with Crippen LogP contribution < -0.4 is 16.0 Å². The van der Waals surface area contributed by atoms with Crippen molar-refractivity contribution in [2.45, 2.75) is 40.2 Å². The number of amides is 1. The van der Waals surface area contributed by atoms with E-state index in [0.29, 0.717) is 42.6 Å². The van der Waals surface area contributed by atoms with Gasteiger partial charge >= 0.3 is 0 Å². The first-order chi connectivity index (χ1) is 13.4. The zero-order valence-electron chi connectivity index (χ0n) is 16.8. The van der Waals surface area contributed by atoms with Crippen molar-refractivity contribution in [1.82, 2.24) is 20.9 Å². The molecule has 2 rings (SSSR count). The van der Waals surface area contributed by atoms with E-state index < -0.39 is 0 Å². The van der Waals surface area contributed by atoms with Gasteiger partial charge in [-0.1, -0.05) is 19.9 Å². The third-order valence-electron chi connectivity index (χ3n) is 4.01. The van der Waals surface area contributed by atoms with Crippen LogP contribution in [-0.2, 0) is 6.54 Å². The van der Waals surface area contributed by atoms with E-state index in [1.54, 1.807) is 30.4 Å². The Labute approximate surface area is 169 Å². The number of nitrogens with one attached hydrogen (secondary N) is 3. The van der Waals surface area contributed by atoms with E-state index in [2.05, 4.69) is 45.2 Å². The number of rotatable bonds is 8. The normalized spacial score (nSPS) is 11.6. The number of aromatic nitrogens is 1. The van der Waals surface area contributed by atoms with Gasteiger partial charge in [-0.25, -0.2) is 14.4 Å². The number of nitrogens with zero attached hydrogens (tertiary/aromatic N) is 2. The molecule has 0 fully saturated rings. The van der Waals surface area contributed by atoms with Gasteiger partial charge in [-0.05, 0) is 37.5 Å². The first-order valence-electron chi connectivity index (χ1n) is 9.41. The highest BCUT2D eigenvalue weighted by molar-refractivity contribution is 7.09. The minimum atomic E-state index is -0.379. The molecule has 1 amide bonds. The van der Waals surface area contributed by atoms with Crippen LogP contribution in [0.3, 0.4) is 0 Å².